The van der Waals surface area contributed by atoms with Crippen molar-refractivity contribution >= 4 is 44.2 Å². The maximum atomic E-state index is 12.4. The van der Waals surface area contributed by atoms with Gasteiger partial charge in [0.05, 0.1) is 22.1 Å². The number of nitrogens with one attached hydrogen (secondary N) is 2. The minimum Gasteiger partial charge on any atom is -0.352 e. The molecule has 0 saturated carbocycles. The summed E-state index contributed by atoms with van der Waals surface area (Å²) in [4.78, 5) is 34.5. The molecule has 0 radical (unpaired) electrons. The number of rotatable bonds is 7. The highest BCUT2D eigenvalue weighted by Gasteiger charge is 2.19. The predicted molar refractivity (Wildman–Crippen MR) is 110 cm³/mol. The minimum atomic E-state index is -0.107. The second kappa shape index (κ2) is 8.35. The number of benzene rings is 1. The highest BCUT2D eigenvalue weighted by Crippen LogP contribution is 2.28. The predicted octanol–water partition coefficient (Wildman–Crippen LogP) is 3.18. The van der Waals surface area contributed by atoms with Crippen molar-refractivity contribution in [3.8, 4) is 0 Å². The molecule has 0 spiro atoms. The number of anilines is 2. The van der Waals surface area contributed by atoms with Gasteiger partial charge in [-0.3, -0.25) is 14.6 Å². The van der Waals surface area contributed by atoms with Crippen molar-refractivity contribution in [3.63, 3.8) is 0 Å². The van der Waals surface area contributed by atoms with Gasteiger partial charge in [0.15, 0.2) is 5.13 Å². The quantitative estimate of drug-likeness (QED) is 0.600. The molecule has 8 heteroatoms. The first kappa shape index (κ1) is 18.4. The molecule has 144 valence electrons. The highest BCUT2D eigenvalue weighted by atomic mass is 32.1. The Balaban J connectivity index is 1.34. The second-order valence-electron chi connectivity index (χ2n) is 6.66. The van der Waals surface area contributed by atoms with Crippen LogP contribution in [-0.4, -0.2) is 46.3 Å². The smallest absolute Gasteiger partial charge is 0.251 e. The van der Waals surface area contributed by atoms with E-state index < -0.39 is 0 Å². The molecular formula is C20H21N5O2S. The number of amides is 2. The molecule has 4 rings (SSSR count). The zero-order valence-electron chi connectivity index (χ0n) is 15.4. The Bertz CT molecular complexity index is 989. The van der Waals surface area contributed by atoms with Crippen LogP contribution in [0.1, 0.15) is 29.6 Å². The lowest BCUT2D eigenvalue weighted by molar-refractivity contribution is -0.127. The molecule has 1 saturated heterocycles. The standard InChI is InChI=1S/C20H21N5O2S/c26-18-5-2-10-25(18)11-3-9-22-19(27)14-6-7-16-17(12-14)28-20(24-16)23-15-4-1-8-21-13-15/h1,4,6-8,12-13H,2-3,5,9-11H2,(H,22,27)(H,23,24). The molecule has 1 aliphatic rings. The van der Waals surface area contributed by atoms with Crippen molar-refractivity contribution in [3.05, 3.63) is 48.3 Å². The number of aromatic nitrogens is 2. The third-order valence-corrected chi connectivity index (χ3v) is 5.56. The lowest BCUT2D eigenvalue weighted by Crippen LogP contribution is -2.30. The van der Waals surface area contributed by atoms with Crippen LogP contribution in [0.5, 0.6) is 0 Å². The lowest BCUT2D eigenvalue weighted by Gasteiger charge is -2.15. The third-order valence-electron chi connectivity index (χ3n) is 4.63. The van der Waals surface area contributed by atoms with Crippen LogP contribution in [0.25, 0.3) is 10.2 Å². The number of carbonyl (C=O) groups is 2. The summed E-state index contributed by atoms with van der Waals surface area (Å²) >= 11 is 1.49. The van der Waals surface area contributed by atoms with Crippen LogP contribution in [-0.2, 0) is 4.79 Å². The molecule has 0 bridgehead atoms. The van der Waals surface area contributed by atoms with Gasteiger partial charge in [-0.2, -0.15) is 0 Å². The molecule has 0 unspecified atom stereocenters. The SMILES string of the molecule is O=C(NCCCN1CCCC1=O)c1ccc2nc(Nc3cccnc3)sc2c1. The average Bonchev–Trinajstić information content (AvgIpc) is 3.30. The second-order valence-corrected chi connectivity index (χ2v) is 7.69. The number of hydrogen-bond acceptors (Lipinski definition) is 6. The van der Waals surface area contributed by atoms with Gasteiger partial charge in [-0.25, -0.2) is 4.98 Å². The van der Waals surface area contributed by atoms with Crippen molar-refractivity contribution in [1.82, 2.24) is 20.2 Å². The topological polar surface area (TPSA) is 87.2 Å². The summed E-state index contributed by atoms with van der Waals surface area (Å²) in [7, 11) is 0. The van der Waals surface area contributed by atoms with E-state index in [4.69, 9.17) is 0 Å². The first-order valence-electron chi connectivity index (χ1n) is 9.33. The molecule has 28 heavy (non-hydrogen) atoms. The molecular weight excluding hydrogens is 374 g/mol. The summed E-state index contributed by atoms with van der Waals surface area (Å²) in [5.74, 6) is 0.113. The summed E-state index contributed by atoms with van der Waals surface area (Å²) < 4.78 is 0.946. The zero-order valence-corrected chi connectivity index (χ0v) is 16.2. The summed E-state index contributed by atoms with van der Waals surface area (Å²) in [6, 6.07) is 9.29. The van der Waals surface area contributed by atoms with E-state index in [-0.39, 0.29) is 11.8 Å². The molecule has 3 aromatic rings. The molecule has 2 amide bonds. The monoisotopic (exact) mass is 395 g/mol. The van der Waals surface area contributed by atoms with E-state index in [1.807, 2.05) is 29.2 Å². The van der Waals surface area contributed by atoms with Crippen LogP contribution < -0.4 is 10.6 Å². The van der Waals surface area contributed by atoms with E-state index in [1.165, 1.54) is 11.3 Å². The van der Waals surface area contributed by atoms with Gasteiger partial charge in [0.1, 0.15) is 0 Å². The fraction of sp³-hybridized carbons (Fsp3) is 0.300. The van der Waals surface area contributed by atoms with Gasteiger partial charge in [0.25, 0.3) is 5.91 Å². The Morgan fingerprint density at radius 3 is 3.00 bits per heavy atom. The molecule has 2 N–H and O–H groups in total. The Morgan fingerprint density at radius 2 is 2.21 bits per heavy atom. The van der Waals surface area contributed by atoms with E-state index in [2.05, 4.69) is 20.6 Å². The van der Waals surface area contributed by atoms with Gasteiger partial charge >= 0.3 is 0 Å². The Hall–Kier alpha value is -3.00. The molecule has 0 aliphatic carbocycles. The van der Waals surface area contributed by atoms with Gasteiger partial charge in [0.2, 0.25) is 5.91 Å². The number of thiazole rings is 1. The molecule has 0 atom stereocenters. The lowest BCUT2D eigenvalue weighted by atomic mass is 10.2. The summed E-state index contributed by atoms with van der Waals surface area (Å²) in [6.07, 6.45) is 5.81. The van der Waals surface area contributed by atoms with Crippen LogP contribution in [0, 0.1) is 0 Å². The minimum absolute atomic E-state index is 0.107. The number of carbonyl (C=O) groups excluding carboxylic acids is 2. The molecule has 7 nitrogen and oxygen atoms in total. The first-order chi connectivity index (χ1) is 13.7. The Kier molecular flexibility index (Phi) is 5.48. The number of fused-ring (bicyclic) bond motifs is 1. The average molecular weight is 395 g/mol. The van der Waals surface area contributed by atoms with Crippen molar-refractivity contribution in [2.75, 3.05) is 25.0 Å². The van der Waals surface area contributed by atoms with Crippen molar-refractivity contribution in [2.24, 2.45) is 0 Å². The van der Waals surface area contributed by atoms with Crippen molar-refractivity contribution < 1.29 is 9.59 Å². The first-order valence-corrected chi connectivity index (χ1v) is 10.1. The molecule has 1 fully saturated rings. The van der Waals surface area contributed by atoms with E-state index in [0.717, 1.165) is 40.4 Å². The molecule has 2 aromatic heterocycles. The van der Waals surface area contributed by atoms with Crippen molar-refractivity contribution in [2.45, 2.75) is 19.3 Å². The maximum absolute atomic E-state index is 12.4. The van der Waals surface area contributed by atoms with E-state index in [0.29, 0.717) is 25.1 Å². The molecule has 3 heterocycles. The van der Waals surface area contributed by atoms with Gasteiger partial charge in [-0.05, 0) is 43.2 Å². The number of nitrogens with zero attached hydrogens (tertiary/aromatic N) is 3. The van der Waals surface area contributed by atoms with Crippen LogP contribution in [0.2, 0.25) is 0 Å². The Morgan fingerprint density at radius 1 is 1.29 bits per heavy atom. The summed E-state index contributed by atoms with van der Waals surface area (Å²) in [6.45, 7) is 2.09. The fourth-order valence-corrected chi connectivity index (χ4v) is 4.12. The molecule has 1 aromatic carbocycles. The van der Waals surface area contributed by atoms with E-state index >= 15 is 0 Å². The number of likely N-dealkylation sites (tertiary alicyclic amines) is 1. The largest absolute Gasteiger partial charge is 0.352 e. The van der Waals surface area contributed by atoms with Gasteiger partial charge in [-0.15, -0.1) is 0 Å². The van der Waals surface area contributed by atoms with Gasteiger partial charge in [-0.1, -0.05) is 11.3 Å². The van der Waals surface area contributed by atoms with Gasteiger partial charge < -0.3 is 15.5 Å². The zero-order chi connectivity index (χ0) is 19.3. The number of hydrogen-bond donors (Lipinski definition) is 2. The normalized spacial score (nSPS) is 13.9. The van der Waals surface area contributed by atoms with Crippen LogP contribution >= 0.6 is 11.3 Å². The van der Waals surface area contributed by atoms with Crippen LogP contribution in [0.3, 0.4) is 0 Å². The fourth-order valence-electron chi connectivity index (χ4n) is 3.19. The summed E-state index contributed by atoms with van der Waals surface area (Å²) in [5.41, 5.74) is 2.33. The summed E-state index contributed by atoms with van der Waals surface area (Å²) in [5, 5.41) is 6.92. The maximum Gasteiger partial charge on any atom is 0.251 e. The van der Waals surface area contributed by atoms with Gasteiger partial charge in [0, 0.05) is 37.8 Å². The number of pyridine rings is 1. The highest BCUT2D eigenvalue weighted by molar-refractivity contribution is 7.22. The van der Waals surface area contributed by atoms with E-state index in [9.17, 15) is 9.59 Å². The molecule has 1 aliphatic heterocycles. The van der Waals surface area contributed by atoms with Crippen molar-refractivity contribution in [1.29, 1.82) is 0 Å². The van der Waals surface area contributed by atoms with E-state index in [1.54, 1.807) is 18.5 Å². The van der Waals surface area contributed by atoms with Crippen LogP contribution in [0.4, 0.5) is 10.8 Å². The third kappa shape index (κ3) is 4.28. The van der Waals surface area contributed by atoms with Crippen LogP contribution in [0.15, 0.2) is 42.7 Å². The Labute approximate surface area is 166 Å².